The smallest absolute Gasteiger partial charge is 0.244 e. The highest BCUT2D eigenvalue weighted by atomic mass is 16.5. The summed E-state index contributed by atoms with van der Waals surface area (Å²) in [5.74, 6) is 0.898. The van der Waals surface area contributed by atoms with Gasteiger partial charge in [-0.2, -0.15) is 5.26 Å². The quantitative estimate of drug-likeness (QED) is 0.851. The van der Waals surface area contributed by atoms with E-state index >= 15 is 0 Å². The Morgan fingerprint density at radius 1 is 1.32 bits per heavy atom. The second-order valence-corrected chi connectivity index (χ2v) is 5.36. The second kappa shape index (κ2) is 6.75. The zero-order chi connectivity index (χ0) is 18.0. The molecule has 25 heavy (non-hydrogen) atoms. The third-order valence-electron chi connectivity index (χ3n) is 4.05. The number of nitrogens with zero attached hydrogens (tertiary/aromatic N) is 2. The van der Waals surface area contributed by atoms with Crippen LogP contribution in [0, 0.1) is 11.3 Å². The third-order valence-corrected chi connectivity index (χ3v) is 4.05. The number of aromatic nitrogens is 2. The Labute approximate surface area is 144 Å². The lowest BCUT2D eigenvalue weighted by atomic mass is 9.83. The molecule has 0 fully saturated rings. The summed E-state index contributed by atoms with van der Waals surface area (Å²) >= 11 is 0. The molecule has 0 radical (unpaired) electrons. The van der Waals surface area contributed by atoms with Crippen molar-refractivity contribution in [3.63, 3.8) is 0 Å². The maximum Gasteiger partial charge on any atom is 0.244 e. The molecule has 0 saturated heterocycles. The van der Waals surface area contributed by atoms with E-state index in [1.807, 2.05) is 12.1 Å². The monoisotopic (exact) mass is 342 g/mol. The minimum atomic E-state index is -0.511. The summed E-state index contributed by atoms with van der Waals surface area (Å²) in [5, 5.41) is 16.7. The van der Waals surface area contributed by atoms with Gasteiger partial charge in [0.2, 0.25) is 11.8 Å². The fraction of sp³-hybridized carbons (Fsp3) is 0.294. The Hall–Kier alpha value is -3.18. The summed E-state index contributed by atoms with van der Waals surface area (Å²) in [4.78, 5) is 0. The maximum atomic E-state index is 9.67. The lowest BCUT2D eigenvalue weighted by Gasteiger charge is -2.25. The van der Waals surface area contributed by atoms with Crippen LogP contribution < -0.4 is 19.9 Å². The predicted octanol–water partition coefficient (Wildman–Crippen LogP) is 1.79. The van der Waals surface area contributed by atoms with Crippen molar-refractivity contribution in [2.45, 2.75) is 12.5 Å². The molecule has 0 saturated carbocycles. The molecule has 8 heteroatoms. The van der Waals surface area contributed by atoms with Crippen LogP contribution in [0.15, 0.2) is 29.7 Å². The van der Waals surface area contributed by atoms with Crippen molar-refractivity contribution in [3.8, 4) is 23.4 Å². The van der Waals surface area contributed by atoms with E-state index in [0.29, 0.717) is 28.6 Å². The Kier molecular flexibility index (Phi) is 4.50. The van der Waals surface area contributed by atoms with E-state index in [1.165, 1.54) is 0 Å². The van der Waals surface area contributed by atoms with Crippen LogP contribution in [-0.4, -0.2) is 31.5 Å². The predicted molar refractivity (Wildman–Crippen MR) is 88.1 cm³/mol. The molecule has 0 amide bonds. The molecule has 0 spiro atoms. The van der Waals surface area contributed by atoms with Gasteiger partial charge < -0.3 is 24.7 Å². The SMILES string of the molecule is COCc1[nH]nc2c1[C@@H](c1cccc(OC)c1OC)C(C#N)=C(N)O2. The summed E-state index contributed by atoms with van der Waals surface area (Å²) in [6, 6.07) is 7.61. The number of rotatable bonds is 5. The van der Waals surface area contributed by atoms with Gasteiger partial charge in [-0.3, -0.25) is 5.10 Å². The zero-order valence-corrected chi connectivity index (χ0v) is 14.1. The van der Waals surface area contributed by atoms with Gasteiger partial charge in [-0.25, -0.2) is 0 Å². The van der Waals surface area contributed by atoms with Gasteiger partial charge in [-0.15, -0.1) is 5.10 Å². The first-order valence-corrected chi connectivity index (χ1v) is 7.50. The fourth-order valence-corrected chi connectivity index (χ4v) is 3.01. The van der Waals surface area contributed by atoms with Crippen molar-refractivity contribution in [2.24, 2.45) is 5.73 Å². The number of ether oxygens (including phenoxy) is 4. The summed E-state index contributed by atoms with van der Waals surface area (Å²) in [6.45, 7) is 0.285. The lowest BCUT2D eigenvalue weighted by molar-refractivity contribution is 0.180. The van der Waals surface area contributed by atoms with Gasteiger partial charge >= 0.3 is 0 Å². The van der Waals surface area contributed by atoms with Crippen LogP contribution in [0.5, 0.6) is 17.4 Å². The fourth-order valence-electron chi connectivity index (χ4n) is 3.01. The van der Waals surface area contributed by atoms with E-state index in [2.05, 4.69) is 16.3 Å². The largest absolute Gasteiger partial charge is 0.493 e. The number of aromatic amines is 1. The molecule has 1 aromatic carbocycles. The third kappa shape index (κ3) is 2.64. The molecule has 0 aliphatic carbocycles. The van der Waals surface area contributed by atoms with Crippen molar-refractivity contribution in [3.05, 3.63) is 46.5 Å². The van der Waals surface area contributed by atoms with Gasteiger partial charge in [0.25, 0.3) is 0 Å². The second-order valence-electron chi connectivity index (χ2n) is 5.36. The van der Waals surface area contributed by atoms with Crippen molar-refractivity contribution >= 4 is 0 Å². The number of hydrogen-bond acceptors (Lipinski definition) is 7. The molecule has 3 rings (SSSR count). The number of nitrogens with one attached hydrogen (secondary N) is 1. The van der Waals surface area contributed by atoms with E-state index in [9.17, 15) is 5.26 Å². The van der Waals surface area contributed by atoms with Gasteiger partial charge in [0.1, 0.15) is 11.6 Å². The minimum absolute atomic E-state index is 0.0142. The van der Waals surface area contributed by atoms with Crippen LogP contribution in [0.4, 0.5) is 0 Å². The molecule has 1 aliphatic rings. The van der Waals surface area contributed by atoms with E-state index in [-0.39, 0.29) is 18.1 Å². The Bertz CT molecular complexity index is 866. The molecule has 3 N–H and O–H groups in total. The molecule has 1 atom stereocenters. The maximum absolute atomic E-state index is 9.67. The molecule has 2 aromatic rings. The van der Waals surface area contributed by atoms with Crippen LogP contribution >= 0.6 is 0 Å². The number of nitrogens with two attached hydrogens (primary N) is 1. The first-order valence-electron chi connectivity index (χ1n) is 7.50. The van der Waals surface area contributed by atoms with E-state index in [4.69, 9.17) is 24.7 Å². The lowest BCUT2D eigenvalue weighted by Crippen LogP contribution is -2.21. The highest BCUT2D eigenvalue weighted by Gasteiger charge is 2.37. The van der Waals surface area contributed by atoms with E-state index < -0.39 is 5.92 Å². The zero-order valence-electron chi connectivity index (χ0n) is 14.1. The highest BCUT2D eigenvalue weighted by molar-refractivity contribution is 5.60. The number of para-hydroxylation sites is 1. The Morgan fingerprint density at radius 3 is 2.76 bits per heavy atom. The van der Waals surface area contributed by atoms with E-state index in [0.717, 1.165) is 5.56 Å². The van der Waals surface area contributed by atoms with Gasteiger partial charge in [-0.05, 0) is 6.07 Å². The van der Waals surface area contributed by atoms with Gasteiger partial charge in [0, 0.05) is 12.7 Å². The first kappa shape index (κ1) is 16.7. The van der Waals surface area contributed by atoms with E-state index in [1.54, 1.807) is 27.4 Å². The van der Waals surface area contributed by atoms with Crippen molar-refractivity contribution in [2.75, 3.05) is 21.3 Å². The molecule has 8 nitrogen and oxygen atoms in total. The average Bonchev–Trinajstić information content (AvgIpc) is 3.02. The standard InChI is InChI=1S/C17H18N4O4/c1-22-8-11-14-13(9-5-4-6-12(23-2)15(9)24-3)10(7-18)16(19)25-17(14)21-20-11/h4-6,13H,8,19H2,1-3H3,(H,20,21)/t13-/m0/s1. The number of nitriles is 1. The average molecular weight is 342 g/mol. The first-order chi connectivity index (χ1) is 12.2. The molecule has 130 valence electrons. The van der Waals surface area contributed by atoms with Crippen LogP contribution in [-0.2, 0) is 11.3 Å². The van der Waals surface area contributed by atoms with Crippen LogP contribution in [0.1, 0.15) is 22.7 Å². The van der Waals surface area contributed by atoms with Crippen molar-refractivity contribution in [1.82, 2.24) is 10.2 Å². The highest BCUT2D eigenvalue weighted by Crippen LogP contribution is 2.47. The van der Waals surface area contributed by atoms with Crippen molar-refractivity contribution in [1.29, 1.82) is 5.26 Å². The molecule has 1 aromatic heterocycles. The number of benzene rings is 1. The number of H-pyrrole nitrogens is 1. The van der Waals surface area contributed by atoms with Gasteiger partial charge in [0.05, 0.1) is 38.0 Å². The molecule has 2 heterocycles. The minimum Gasteiger partial charge on any atom is -0.493 e. The summed E-state index contributed by atoms with van der Waals surface area (Å²) in [7, 11) is 4.68. The van der Waals surface area contributed by atoms with Crippen molar-refractivity contribution < 1.29 is 18.9 Å². The topological polar surface area (TPSA) is 115 Å². The Morgan fingerprint density at radius 2 is 2.12 bits per heavy atom. The summed E-state index contributed by atoms with van der Waals surface area (Å²) < 4.78 is 21.6. The van der Waals surface area contributed by atoms with Gasteiger partial charge in [-0.1, -0.05) is 12.1 Å². The molecule has 0 bridgehead atoms. The number of allylic oxidation sites excluding steroid dienone is 1. The summed E-state index contributed by atoms with van der Waals surface area (Å²) in [5.41, 5.74) is 8.35. The molecular formula is C17H18N4O4. The van der Waals surface area contributed by atoms with Crippen LogP contribution in [0.3, 0.4) is 0 Å². The Balaban J connectivity index is 2.27. The van der Waals surface area contributed by atoms with Crippen LogP contribution in [0.2, 0.25) is 0 Å². The number of methoxy groups -OCH3 is 3. The van der Waals surface area contributed by atoms with Crippen LogP contribution in [0.25, 0.3) is 0 Å². The number of fused-ring (bicyclic) bond motifs is 1. The normalized spacial score (nSPS) is 16.0. The summed E-state index contributed by atoms with van der Waals surface area (Å²) in [6.07, 6.45) is 0. The number of hydrogen-bond donors (Lipinski definition) is 2. The van der Waals surface area contributed by atoms with Gasteiger partial charge in [0.15, 0.2) is 11.5 Å². The molecule has 1 aliphatic heterocycles. The molecule has 0 unspecified atom stereocenters. The molecular weight excluding hydrogens is 324 g/mol.